The van der Waals surface area contributed by atoms with Crippen LogP contribution in [0.4, 0.5) is 0 Å². The molecule has 25 heavy (non-hydrogen) atoms. The SMILES string of the molecule is Cl.O=P(O)(O)Cc1ccccc1-[n+]1ccc(-c2ccncc2)cc1.[Cl-]. The summed E-state index contributed by atoms with van der Waals surface area (Å²) in [5.74, 6) is 0. The molecule has 0 aliphatic carbocycles. The summed E-state index contributed by atoms with van der Waals surface area (Å²) in [4.78, 5) is 22.5. The molecule has 5 nitrogen and oxygen atoms in total. The molecular formula is C17H17Cl2N2O3P. The molecule has 0 saturated carbocycles. The van der Waals surface area contributed by atoms with Gasteiger partial charge in [0.1, 0.15) is 0 Å². The average molecular weight is 399 g/mol. The van der Waals surface area contributed by atoms with Crippen LogP contribution in [0.2, 0.25) is 0 Å². The lowest BCUT2D eigenvalue weighted by Crippen LogP contribution is -3.00. The number of nitrogens with zero attached hydrogens (tertiary/aromatic N) is 2. The van der Waals surface area contributed by atoms with Gasteiger partial charge in [0.2, 0.25) is 5.69 Å². The first kappa shape index (κ1) is 21.3. The van der Waals surface area contributed by atoms with E-state index in [2.05, 4.69) is 4.98 Å². The van der Waals surface area contributed by atoms with Crippen molar-refractivity contribution in [3.05, 3.63) is 78.9 Å². The van der Waals surface area contributed by atoms with E-state index in [-0.39, 0.29) is 31.0 Å². The summed E-state index contributed by atoms with van der Waals surface area (Å²) in [5.41, 5.74) is 3.49. The van der Waals surface area contributed by atoms with Crippen molar-refractivity contribution in [2.45, 2.75) is 6.16 Å². The molecule has 2 N–H and O–H groups in total. The Morgan fingerprint density at radius 2 is 1.48 bits per heavy atom. The van der Waals surface area contributed by atoms with Gasteiger partial charge in [0, 0.05) is 36.2 Å². The maximum Gasteiger partial charge on any atom is 0.330 e. The number of hydrogen-bond acceptors (Lipinski definition) is 2. The molecule has 0 bridgehead atoms. The topological polar surface area (TPSA) is 74.3 Å². The van der Waals surface area contributed by atoms with Gasteiger partial charge in [0.15, 0.2) is 12.4 Å². The largest absolute Gasteiger partial charge is 1.00 e. The number of hydrogen-bond donors (Lipinski definition) is 2. The molecule has 0 aliphatic rings. The Hall–Kier alpha value is -1.75. The lowest BCUT2D eigenvalue weighted by atomic mass is 10.1. The van der Waals surface area contributed by atoms with Crippen LogP contribution in [0.15, 0.2) is 73.3 Å². The van der Waals surface area contributed by atoms with Crippen molar-refractivity contribution >= 4 is 20.0 Å². The second-order valence-electron chi connectivity index (χ2n) is 5.18. The van der Waals surface area contributed by atoms with E-state index in [1.165, 1.54) is 0 Å². The maximum absolute atomic E-state index is 11.3. The van der Waals surface area contributed by atoms with Gasteiger partial charge in [0.05, 0.1) is 6.16 Å². The van der Waals surface area contributed by atoms with Crippen molar-refractivity contribution < 1.29 is 31.3 Å². The van der Waals surface area contributed by atoms with E-state index >= 15 is 0 Å². The standard InChI is InChI=1S/C17H15N2O3P.2ClH/c20-23(21,22)13-16-3-1-2-4-17(16)19-11-7-15(8-12-19)14-5-9-18-10-6-14;;/h1-12H,13H2,(H-,20,21,22);2*1H. The Kier molecular flexibility index (Phi) is 7.74. The second kappa shape index (κ2) is 9.09. The number of benzene rings is 1. The molecular weight excluding hydrogens is 382 g/mol. The molecule has 3 aromatic rings. The fraction of sp³-hybridized carbons (Fsp3) is 0.0588. The van der Waals surface area contributed by atoms with Gasteiger partial charge in [0.25, 0.3) is 0 Å². The van der Waals surface area contributed by atoms with E-state index < -0.39 is 7.60 Å². The summed E-state index contributed by atoms with van der Waals surface area (Å²) in [7, 11) is -4.11. The highest BCUT2D eigenvalue weighted by atomic mass is 35.5. The van der Waals surface area contributed by atoms with Gasteiger partial charge in [-0.3, -0.25) is 9.55 Å². The molecule has 0 amide bonds. The van der Waals surface area contributed by atoms with Crippen LogP contribution in [-0.2, 0) is 10.7 Å². The highest BCUT2D eigenvalue weighted by Gasteiger charge is 2.20. The number of para-hydroxylation sites is 1. The summed E-state index contributed by atoms with van der Waals surface area (Å²) in [6, 6.07) is 15.0. The van der Waals surface area contributed by atoms with Crippen LogP contribution in [0.25, 0.3) is 16.8 Å². The summed E-state index contributed by atoms with van der Waals surface area (Å²) >= 11 is 0. The minimum absolute atomic E-state index is 0. The number of aromatic nitrogens is 2. The molecule has 2 aromatic heterocycles. The van der Waals surface area contributed by atoms with E-state index in [1.54, 1.807) is 24.5 Å². The third-order valence-electron chi connectivity index (χ3n) is 3.49. The van der Waals surface area contributed by atoms with Crippen LogP contribution < -0.4 is 17.0 Å². The number of rotatable bonds is 4. The molecule has 0 atom stereocenters. The molecule has 3 rings (SSSR count). The van der Waals surface area contributed by atoms with Crippen LogP contribution in [0, 0.1) is 0 Å². The average Bonchev–Trinajstić information content (AvgIpc) is 2.55. The highest BCUT2D eigenvalue weighted by molar-refractivity contribution is 7.50. The third kappa shape index (κ3) is 5.63. The zero-order valence-corrected chi connectivity index (χ0v) is 15.5. The molecule has 0 radical (unpaired) electrons. The first-order valence-corrected chi connectivity index (χ1v) is 8.87. The zero-order valence-electron chi connectivity index (χ0n) is 13.1. The van der Waals surface area contributed by atoms with Crippen molar-refractivity contribution in [2.24, 2.45) is 0 Å². The van der Waals surface area contributed by atoms with Gasteiger partial charge in [-0.15, -0.1) is 12.4 Å². The Bertz CT molecular complexity index is 855. The molecule has 0 unspecified atom stereocenters. The molecule has 1 aromatic carbocycles. The van der Waals surface area contributed by atoms with E-state index in [0.29, 0.717) is 5.56 Å². The Morgan fingerprint density at radius 3 is 2.08 bits per heavy atom. The summed E-state index contributed by atoms with van der Waals surface area (Å²) in [5, 5.41) is 0. The van der Waals surface area contributed by atoms with Gasteiger partial charge in [-0.1, -0.05) is 18.2 Å². The molecule has 8 heteroatoms. The summed E-state index contributed by atoms with van der Waals surface area (Å²) < 4.78 is 13.2. The predicted octanol–water partition coefficient (Wildman–Crippen LogP) is 0.129. The summed E-state index contributed by atoms with van der Waals surface area (Å²) in [6.45, 7) is 0. The molecule has 132 valence electrons. The lowest BCUT2D eigenvalue weighted by molar-refractivity contribution is -0.596. The van der Waals surface area contributed by atoms with Gasteiger partial charge in [-0.2, -0.15) is 4.57 Å². The Labute approximate surface area is 158 Å². The van der Waals surface area contributed by atoms with Gasteiger partial charge < -0.3 is 22.2 Å². The van der Waals surface area contributed by atoms with Crippen LogP contribution in [0.1, 0.15) is 5.56 Å². The van der Waals surface area contributed by atoms with Crippen molar-refractivity contribution in [2.75, 3.05) is 0 Å². The Morgan fingerprint density at radius 1 is 0.920 bits per heavy atom. The van der Waals surface area contributed by atoms with Crippen molar-refractivity contribution in [1.82, 2.24) is 4.98 Å². The van der Waals surface area contributed by atoms with E-state index in [9.17, 15) is 14.4 Å². The summed E-state index contributed by atoms with van der Waals surface area (Å²) in [6.07, 6.45) is 6.97. The number of pyridine rings is 2. The fourth-order valence-electron chi connectivity index (χ4n) is 2.44. The van der Waals surface area contributed by atoms with E-state index in [4.69, 9.17) is 0 Å². The first-order valence-electron chi connectivity index (χ1n) is 7.07. The maximum atomic E-state index is 11.3. The monoisotopic (exact) mass is 398 g/mol. The fourth-order valence-corrected chi connectivity index (χ4v) is 3.15. The van der Waals surface area contributed by atoms with Crippen molar-refractivity contribution in [3.63, 3.8) is 0 Å². The highest BCUT2D eigenvalue weighted by Crippen LogP contribution is 2.39. The van der Waals surface area contributed by atoms with Crippen molar-refractivity contribution in [1.29, 1.82) is 0 Å². The van der Waals surface area contributed by atoms with Crippen LogP contribution in [0.3, 0.4) is 0 Å². The van der Waals surface area contributed by atoms with Crippen molar-refractivity contribution in [3.8, 4) is 16.8 Å². The predicted molar refractivity (Wildman–Crippen MR) is 94.2 cm³/mol. The first-order chi connectivity index (χ1) is 11.0. The van der Waals surface area contributed by atoms with Gasteiger partial charge >= 0.3 is 7.60 Å². The minimum atomic E-state index is -4.11. The molecule has 2 heterocycles. The molecule has 0 fully saturated rings. The van der Waals surface area contributed by atoms with Crippen LogP contribution in [0.5, 0.6) is 0 Å². The second-order valence-corrected chi connectivity index (χ2v) is 6.83. The quantitative estimate of drug-likeness (QED) is 0.483. The third-order valence-corrected chi connectivity index (χ3v) is 4.24. The van der Waals surface area contributed by atoms with Gasteiger partial charge in [-0.05, 0) is 23.3 Å². The van der Waals surface area contributed by atoms with E-state index in [1.807, 2.05) is 53.4 Å². The number of halogens is 2. The smallest absolute Gasteiger partial charge is 0.330 e. The molecule has 0 aliphatic heterocycles. The molecule has 0 saturated heterocycles. The normalized spacial score (nSPS) is 10.5. The lowest BCUT2D eigenvalue weighted by Gasteiger charge is -2.07. The van der Waals surface area contributed by atoms with Crippen LogP contribution in [-0.4, -0.2) is 14.8 Å². The Balaban J connectivity index is 0.00000156. The molecule has 0 spiro atoms. The van der Waals surface area contributed by atoms with Gasteiger partial charge in [-0.25, -0.2) is 0 Å². The van der Waals surface area contributed by atoms with E-state index in [0.717, 1.165) is 16.8 Å². The minimum Gasteiger partial charge on any atom is -1.00 e. The van der Waals surface area contributed by atoms with Crippen LogP contribution >= 0.6 is 20.0 Å². The zero-order chi connectivity index (χ0) is 16.3.